The van der Waals surface area contributed by atoms with Crippen LogP contribution in [-0.4, -0.2) is 24.6 Å². The van der Waals surface area contributed by atoms with Gasteiger partial charge in [-0.25, -0.2) is 0 Å². The van der Waals surface area contributed by atoms with Gasteiger partial charge < -0.3 is 9.47 Å². The first-order chi connectivity index (χ1) is 12.7. The monoisotopic (exact) mass is 366 g/mol. The van der Waals surface area contributed by atoms with Crippen molar-refractivity contribution in [2.45, 2.75) is 109 Å². The van der Waals surface area contributed by atoms with E-state index in [0.29, 0.717) is 25.9 Å². The maximum Gasteiger partial charge on any atom is 0.306 e. The van der Waals surface area contributed by atoms with Crippen molar-refractivity contribution in [2.75, 3.05) is 6.61 Å². The molecule has 4 nitrogen and oxygen atoms in total. The highest BCUT2D eigenvalue weighted by atomic mass is 16.5. The van der Waals surface area contributed by atoms with Crippen molar-refractivity contribution >= 4 is 11.9 Å². The molecule has 0 saturated carbocycles. The van der Waals surface area contributed by atoms with Crippen LogP contribution in [0.25, 0.3) is 0 Å². The number of cyclic esters (lactones) is 1. The van der Waals surface area contributed by atoms with Crippen LogP contribution < -0.4 is 0 Å². The predicted octanol–water partition coefficient (Wildman–Crippen LogP) is 5.88. The summed E-state index contributed by atoms with van der Waals surface area (Å²) < 4.78 is 10.6. The van der Waals surface area contributed by atoms with E-state index in [1.807, 2.05) is 12.2 Å². The van der Waals surface area contributed by atoms with Crippen molar-refractivity contribution in [1.29, 1.82) is 0 Å². The van der Waals surface area contributed by atoms with E-state index in [9.17, 15) is 9.59 Å². The normalized spacial score (nSPS) is 19.6. The second-order valence-corrected chi connectivity index (χ2v) is 7.31. The van der Waals surface area contributed by atoms with E-state index in [2.05, 4.69) is 6.92 Å². The van der Waals surface area contributed by atoms with Gasteiger partial charge in [-0.3, -0.25) is 9.59 Å². The number of unbranched alkanes of at least 4 members (excludes halogenated alkanes) is 9. The molecule has 0 amide bonds. The average molecular weight is 367 g/mol. The second-order valence-electron chi connectivity index (χ2n) is 7.31. The van der Waals surface area contributed by atoms with E-state index in [1.165, 1.54) is 51.4 Å². The van der Waals surface area contributed by atoms with Gasteiger partial charge in [0.15, 0.2) is 0 Å². The molecule has 4 heteroatoms. The third-order valence-electron chi connectivity index (χ3n) is 4.87. The Balaban J connectivity index is 2.04. The van der Waals surface area contributed by atoms with E-state index in [-0.39, 0.29) is 18.0 Å². The standard InChI is InChI=1S/C22H38O4/c1-2-3-4-5-6-7-8-9-10-13-16-22(24)26-20-15-12-11-14-19-25-21(23)18-17-20/h11,14,20H,2-10,12-13,15-19H2,1H3/b14-11-/t20-/m1/s1. The maximum atomic E-state index is 12.0. The van der Waals surface area contributed by atoms with Crippen LogP contribution in [0.2, 0.25) is 0 Å². The molecular weight excluding hydrogens is 328 g/mol. The van der Waals surface area contributed by atoms with Crippen LogP contribution in [0.4, 0.5) is 0 Å². The van der Waals surface area contributed by atoms with E-state index in [1.54, 1.807) is 0 Å². The number of hydrogen-bond donors (Lipinski definition) is 0. The molecule has 0 fully saturated rings. The first kappa shape index (κ1) is 22.7. The van der Waals surface area contributed by atoms with Crippen molar-refractivity contribution in [3.8, 4) is 0 Å². The smallest absolute Gasteiger partial charge is 0.306 e. The number of allylic oxidation sites excluding steroid dienone is 1. The van der Waals surface area contributed by atoms with Gasteiger partial charge in [0, 0.05) is 12.8 Å². The minimum atomic E-state index is -0.215. The zero-order valence-corrected chi connectivity index (χ0v) is 16.7. The van der Waals surface area contributed by atoms with E-state index < -0.39 is 0 Å². The quantitative estimate of drug-likeness (QED) is 0.246. The zero-order valence-electron chi connectivity index (χ0n) is 16.7. The number of esters is 2. The lowest BCUT2D eigenvalue weighted by atomic mass is 10.1. The third kappa shape index (κ3) is 13.0. The van der Waals surface area contributed by atoms with E-state index >= 15 is 0 Å². The van der Waals surface area contributed by atoms with Crippen LogP contribution in [0.15, 0.2) is 12.2 Å². The van der Waals surface area contributed by atoms with Gasteiger partial charge in [0.2, 0.25) is 0 Å². The summed E-state index contributed by atoms with van der Waals surface area (Å²) in [7, 11) is 0. The lowest BCUT2D eigenvalue weighted by molar-refractivity contribution is -0.152. The molecule has 0 aromatic rings. The second kappa shape index (κ2) is 15.9. The fraction of sp³-hybridized carbons (Fsp3) is 0.818. The summed E-state index contributed by atoms with van der Waals surface area (Å²) in [6.45, 7) is 2.60. The molecule has 1 heterocycles. The Morgan fingerprint density at radius 1 is 1.00 bits per heavy atom. The molecule has 1 aliphatic rings. The molecule has 0 radical (unpaired) electrons. The van der Waals surface area contributed by atoms with Gasteiger partial charge in [-0.15, -0.1) is 0 Å². The highest BCUT2D eigenvalue weighted by molar-refractivity contribution is 5.70. The molecule has 26 heavy (non-hydrogen) atoms. The molecule has 0 spiro atoms. The van der Waals surface area contributed by atoms with Crippen molar-refractivity contribution in [2.24, 2.45) is 0 Å². The Bertz CT molecular complexity index is 403. The molecule has 1 rings (SSSR count). The van der Waals surface area contributed by atoms with Gasteiger partial charge in [-0.2, -0.15) is 0 Å². The van der Waals surface area contributed by atoms with Crippen LogP contribution >= 0.6 is 0 Å². The van der Waals surface area contributed by atoms with Gasteiger partial charge in [0.25, 0.3) is 0 Å². The summed E-state index contributed by atoms with van der Waals surface area (Å²) in [6, 6.07) is 0. The third-order valence-corrected chi connectivity index (χ3v) is 4.87. The summed E-state index contributed by atoms with van der Waals surface area (Å²) in [5.74, 6) is -0.337. The number of ether oxygens (including phenoxy) is 2. The minimum absolute atomic E-state index is 0.121. The Hall–Kier alpha value is -1.32. The molecule has 1 aliphatic heterocycles. The number of hydrogen-bond acceptors (Lipinski definition) is 4. The van der Waals surface area contributed by atoms with Crippen molar-refractivity contribution in [3.63, 3.8) is 0 Å². The fourth-order valence-corrected chi connectivity index (χ4v) is 3.22. The van der Waals surface area contributed by atoms with E-state index in [0.717, 1.165) is 25.7 Å². The predicted molar refractivity (Wildman–Crippen MR) is 105 cm³/mol. The molecule has 0 aromatic carbocycles. The topological polar surface area (TPSA) is 52.6 Å². The Morgan fingerprint density at radius 3 is 2.35 bits per heavy atom. The molecule has 0 aliphatic carbocycles. The summed E-state index contributed by atoms with van der Waals surface area (Å²) in [5, 5.41) is 0. The first-order valence-corrected chi connectivity index (χ1v) is 10.7. The molecule has 0 saturated heterocycles. The molecule has 0 N–H and O–H groups in total. The van der Waals surface area contributed by atoms with Crippen molar-refractivity contribution in [1.82, 2.24) is 0 Å². The average Bonchev–Trinajstić information content (AvgIpc) is 2.63. The number of carbonyl (C=O) groups excluding carboxylic acids is 2. The number of rotatable bonds is 12. The molecular formula is C22H38O4. The van der Waals surface area contributed by atoms with Crippen molar-refractivity contribution < 1.29 is 19.1 Å². The lowest BCUT2D eigenvalue weighted by Gasteiger charge is -2.18. The van der Waals surface area contributed by atoms with Gasteiger partial charge in [-0.05, 0) is 25.7 Å². The van der Waals surface area contributed by atoms with E-state index in [4.69, 9.17) is 9.47 Å². The van der Waals surface area contributed by atoms with Crippen LogP contribution in [0.5, 0.6) is 0 Å². The Kier molecular flexibility index (Phi) is 13.9. The fourth-order valence-electron chi connectivity index (χ4n) is 3.22. The summed E-state index contributed by atoms with van der Waals surface area (Å²) >= 11 is 0. The minimum Gasteiger partial charge on any atom is -0.462 e. The molecule has 0 aromatic heterocycles. The zero-order chi connectivity index (χ0) is 18.9. The van der Waals surface area contributed by atoms with Crippen molar-refractivity contribution in [3.05, 3.63) is 12.2 Å². The molecule has 0 unspecified atom stereocenters. The summed E-state index contributed by atoms with van der Waals surface area (Å²) in [4.78, 5) is 23.5. The highest BCUT2D eigenvalue weighted by Gasteiger charge is 2.16. The van der Waals surface area contributed by atoms with Crippen LogP contribution in [0, 0.1) is 0 Å². The first-order valence-electron chi connectivity index (χ1n) is 10.7. The van der Waals surface area contributed by atoms with Gasteiger partial charge >= 0.3 is 11.9 Å². The highest BCUT2D eigenvalue weighted by Crippen LogP contribution is 2.15. The SMILES string of the molecule is CCCCCCCCCCCCC(=O)O[C@@H]1CC/C=C\COC(=O)CC1. The molecule has 1 atom stereocenters. The van der Waals surface area contributed by atoms with Gasteiger partial charge in [0.05, 0.1) is 0 Å². The van der Waals surface area contributed by atoms with Gasteiger partial charge in [0.1, 0.15) is 12.7 Å². The van der Waals surface area contributed by atoms with Crippen LogP contribution in [0.1, 0.15) is 103 Å². The Morgan fingerprint density at radius 2 is 1.65 bits per heavy atom. The maximum absolute atomic E-state index is 12.0. The molecule has 150 valence electrons. The lowest BCUT2D eigenvalue weighted by Crippen LogP contribution is -2.20. The summed E-state index contributed by atoms with van der Waals surface area (Å²) in [5.41, 5.74) is 0. The largest absolute Gasteiger partial charge is 0.462 e. The molecule has 0 bridgehead atoms. The number of carbonyl (C=O) groups is 2. The summed E-state index contributed by atoms with van der Waals surface area (Å²) in [6.07, 6.45) is 19.3. The Labute approximate surface area is 159 Å². The van der Waals surface area contributed by atoms with Crippen LogP contribution in [0.3, 0.4) is 0 Å². The van der Waals surface area contributed by atoms with Gasteiger partial charge in [-0.1, -0.05) is 76.9 Å². The van der Waals surface area contributed by atoms with Crippen LogP contribution in [-0.2, 0) is 19.1 Å².